The number of carbonyl (C=O) groups excluding carboxylic acids is 1. The number of ether oxygens (including phenoxy) is 1. The fourth-order valence-electron chi connectivity index (χ4n) is 4.55. The molecule has 0 spiro atoms. The second-order valence-corrected chi connectivity index (χ2v) is 13.8. The molecule has 1 N–H and O–H groups in total. The number of piperazine rings is 1. The zero-order valence-electron chi connectivity index (χ0n) is 22.9. The molecule has 0 radical (unpaired) electrons. The van der Waals surface area contributed by atoms with E-state index < -0.39 is 26.4 Å². The van der Waals surface area contributed by atoms with Crippen LogP contribution < -0.4 is 4.72 Å². The molecule has 1 saturated heterocycles. The first-order valence-corrected chi connectivity index (χ1v) is 16.6. The number of nitrogens with zero attached hydrogens (tertiary/aromatic N) is 5. The summed E-state index contributed by atoms with van der Waals surface area (Å²) < 4.78 is 61.8. The van der Waals surface area contributed by atoms with E-state index in [0.717, 1.165) is 28.9 Å². The van der Waals surface area contributed by atoms with Gasteiger partial charge in [0.2, 0.25) is 11.8 Å². The van der Waals surface area contributed by atoms with Gasteiger partial charge in [-0.15, -0.1) is 21.5 Å². The average molecular weight is 634 g/mol. The number of nitrogens with one attached hydrogen (secondary N) is 1. The van der Waals surface area contributed by atoms with Crippen molar-refractivity contribution in [2.75, 3.05) is 52.7 Å². The Morgan fingerprint density at radius 1 is 1.17 bits per heavy atom. The highest BCUT2D eigenvalue weighted by atomic mass is 32.2. The summed E-state index contributed by atoms with van der Waals surface area (Å²) in [5, 5.41) is 6.56. The predicted molar refractivity (Wildman–Crippen MR) is 156 cm³/mol. The van der Waals surface area contributed by atoms with Crippen LogP contribution in [0.2, 0.25) is 0 Å². The van der Waals surface area contributed by atoms with Crippen molar-refractivity contribution >= 4 is 48.6 Å². The molecule has 0 bridgehead atoms. The highest BCUT2D eigenvalue weighted by Gasteiger charge is 2.36. The van der Waals surface area contributed by atoms with Crippen molar-refractivity contribution in [3.8, 4) is 11.1 Å². The lowest BCUT2D eigenvalue weighted by atomic mass is 10.0. The molecular weight excluding hydrogens is 605 g/mol. The van der Waals surface area contributed by atoms with Gasteiger partial charge in [0.15, 0.2) is 15.1 Å². The van der Waals surface area contributed by atoms with Crippen molar-refractivity contribution in [1.82, 2.24) is 29.7 Å². The van der Waals surface area contributed by atoms with Gasteiger partial charge in [-0.1, -0.05) is 18.2 Å². The number of hydrogen-bond donors (Lipinski definition) is 1. The van der Waals surface area contributed by atoms with Crippen molar-refractivity contribution in [2.24, 2.45) is 0 Å². The van der Waals surface area contributed by atoms with Crippen molar-refractivity contribution in [3.63, 3.8) is 0 Å². The summed E-state index contributed by atoms with van der Waals surface area (Å²) in [6.45, 7) is 2.70. The molecular formula is C26H29N6O7S3-. The van der Waals surface area contributed by atoms with Crippen LogP contribution in [0, 0.1) is 0 Å². The van der Waals surface area contributed by atoms with E-state index in [1.54, 1.807) is 6.07 Å². The van der Waals surface area contributed by atoms with Gasteiger partial charge in [0.05, 0.1) is 29.1 Å². The molecule has 13 nitrogen and oxygen atoms in total. The topological polar surface area (TPSA) is 171 Å². The first-order chi connectivity index (χ1) is 20.1. The number of aromatic nitrogens is 3. The molecule has 16 heteroatoms. The molecule has 0 aliphatic carbocycles. The highest BCUT2D eigenvalue weighted by Crippen LogP contribution is 2.37. The van der Waals surface area contributed by atoms with Gasteiger partial charge in [0, 0.05) is 50.1 Å². The van der Waals surface area contributed by atoms with E-state index in [4.69, 9.17) is 9.15 Å². The number of likely N-dealkylation sites (N-methyl/N-ethyl adjacent to an activating group) is 1. The third-order valence-corrected chi connectivity index (χ3v) is 10.3. The van der Waals surface area contributed by atoms with Crippen LogP contribution in [0.15, 0.2) is 46.9 Å². The molecule has 224 valence electrons. The van der Waals surface area contributed by atoms with Gasteiger partial charge < -0.3 is 23.5 Å². The number of amides is 1. The van der Waals surface area contributed by atoms with Crippen LogP contribution in [0.4, 0.5) is 0 Å². The van der Waals surface area contributed by atoms with Gasteiger partial charge >= 0.3 is 0 Å². The molecule has 5 rings (SSSR count). The standard InChI is InChI=1S/C26H30N6O7S3/c1-31-8-10-32(11-9-31)26(33)19-5-3-4-17(14-19)18-6-7-20-21(15-18)40-25(28-20)23(42(36,37)13-12-38-2)24-30-29-22(39-24)16-27-41(34)35/h3-7,14-15,23,27H,8-13,16H2,1-2H3,(H,34,35)/p-1. The summed E-state index contributed by atoms with van der Waals surface area (Å²) in [6, 6.07) is 13.0. The molecule has 1 aliphatic rings. The minimum Gasteiger partial charge on any atom is -0.760 e. The Balaban J connectivity index is 1.46. The van der Waals surface area contributed by atoms with E-state index in [9.17, 15) is 22.0 Å². The van der Waals surface area contributed by atoms with Gasteiger partial charge in [-0.2, -0.15) is 0 Å². The van der Waals surface area contributed by atoms with Gasteiger partial charge in [-0.25, -0.2) is 18.1 Å². The molecule has 42 heavy (non-hydrogen) atoms. The molecule has 0 saturated carbocycles. The van der Waals surface area contributed by atoms with Gasteiger partial charge in [0.1, 0.15) is 5.01 Å². The third kappa shape index (κ3) is 6.91. The summed E-state index contributed by atoms with van der Waals surface area (Å²) in [6.07, 6.45) is 0. The van der Waals surface area contributed by atoms with Crippen molar-refractivity contribution in [2.45, 2.75) is 11.8 Å². The van der Waals surface area contributed by atoms with Crippen LogP contribution in [0.3, 0.4) is 0 Å². The highest BCUT2D eigenvalue weighted by molar-refractivity contribution is 7.92. The number of rotatable bonds is 11. The number of hydrogen-bond acceptors (Lipinski definition) is 12. The van der Waals surface area contributed by atoms with Crippen LogP contribution in [0.5, 0.6) is 0 Å². The zero-order chi connectivity index (χ0) is 29.9. The average Bonchev–Trinajstić information content (AvgIpc) is 3.61. The van der Waals surface area contributed by atoms with Crippen LogP contribution in [-0.4, -0.2) is 101 Å². The lowest BCUT2D eigenvalue weighted by Gasteiger charge is -2.32. The van der Waals surface area contributed by atoms with E-state index in [1.807, 2.05) is 48.3 Å². The Morgan fingerprint density at radius 2 is 1.93 bits per heavy atom. The van der Waals surface area contributed by atoms with Gasteiger partial charge in [-0.3, -0.25) is 9.00 Å². The molecule has 2 unspecified atom stereocenters. The summed E-state index contributed by atoms with van der Waals surface area (Å²) in [5.41, 5.74) is 2.88. The summed E-state index contributed by atoms with van der Waals surface area (Å²) >= 11 is -1.38. The number of benzene rings is 2. The Hall–Kier alpha value is -3.12. The van der Waals surface area contributed by atoms with Gasteiger partial charge in [-0.05, 0) is 42.4 Å². The molecule has 1 fully saturated rings. The Kier molecular flexibility index (Phi) is 9.41. The van der Waals surface area contributed by atoms with E-state index in [2.05, 4.69) is 24.8 Å². The number of carbonyl (C=O) groups is 1. The minimum absolute atomic E-state index is 0.00849. The molecule has 2 aromatic carbocycles. The van der Waals surface area contributed by atoms with Crippen LogP contribution in [0.1, 0.15) is 32.4 Å². The van der Waals surface area contributed by atoms with E-state index in [0.29, 0.717) is 24.2 Å². The normalized spacial score (nSPS) is 16.1. The molecule has 2 aromatic heterocycles. The quantitative estimate of drug-likeness (QED) is 0.239. The fraction of sp³-hybridized carbons (Fsp3) is 0.385. The number of methoxy groups -OCH3 is 1. The third-order valence-electron chi connectivity index (χ3n) is 6.84. The fourth-order valence-corrected chi connectivity index (χ4v) is 7.76. The largest absolute Gasteiger partial charge is 0.760 e. The second kappa shape index (κ2) is 13.0. The molecule has 2 atom stereocenters. The van der Waals surface area contributed by atoms with E-state index in [-0.39, 0.29) is 41.6 Å². The molecule has 4 aromatic rings. The number of sulfone groups is 1. The molecule has 1 amide bonds. The van der Waals surface area contributed by atoms with Crippen LogP contribution >= 0.6 is 11.3 Å². The maximum Gasteiger partial charge on any atom is 0.253 e. The second-order valence-electron chi connectivity index (χ2n) is 9.74. The first kappa shape index (κ1) is 30.3. The SMILES string of the molecule is COCCS(=O)(=O)C(c1nnc(CNS(=O)[O-])o1)c1nc2ccc(-c3cccc(C(=O)N4CCN(C)CC4)c3)cc2s1. The minimum atomic E-state index is -3.91. The Bertz CT molecular complexity index is 1700. The van der Waals surface area contributed by atoms with Crippen LogP contribution in [-0.2, 0) is 32.4 Å². The first-order valence-electron chi connectivity index (χ1n) is 13.0. The van der Waals surface area contributed by atoms with Gasteiger partial charge in [0.25, 0.3) is 5.91 Å². The molecule has 3 heterocycles. The number of thiazole rings is 1. The van der Waals surface area contributed by atoms with E-state index in [1.165, 1.54) is 18.4 Å². The smallest absolute Gasteiger partial charge is 0.253 e. The maximum atomic E-state index is 13.4. The maximum absolute atomic E-state index is 13.4. The lowest BCUT2D eigenvalue weighted by Crippen LogP contribution is -2.47. The number of fused-ring (bicyclic) bond motifs is 1. The summed E-state index contributed by atoms with van der Waals surface area (Å²) in [7, 11) is -0.468. The van der Waals surface area contributed by atoms with E-state index >= 15 is 0 Å². The lowest BCUT2D eigenvalue weighted by molar-refractivity contribution is 0.0664. The Morgan fingerprint density at radius 3 is 2.67 bits per heavy atom. The van der Waals surface area contributed by atoms with Crippen molar-refractivity contribution in [3.05, 3.63) is 64.8 Å². The summed E-state index contributed by atoms with van der Waals surface area (Å²) in [5.74, 6) is -0.625. The zero-order valence-corrected chi connectivity index (χ0v) is 25.3. The van der Waals surface area contributed by atoms with Crippen molar-refractivity contribution in [1.29, 1.82) is 0 Å². The Labute approximate surface area is 249 Å². The summed E-state index contributed by atoms with van der Waals surface area (Å²) in [4.78, 5) is 21.8. The van der Waals surface area contributed by atoms with Crippen molar-refractivity contribution < 1.29 is 31.1 Å². The molecule has 1 aliphatic heterocycles. The predicted octanol–water partition coefficient (Wildman–Crippen LogP) is 1.77. The monoisotopic (exact) mass is 633 g/mol. The van der Waals surface area contributed by atoms with Crippen LogP contribution in [0.25, 0.3) is 21.3 Å².